The van der Waals surface area contributed by atoms with E-state index in [9.17, 15) is 9.90 Å². The molecule has 1 aliphatic heterocycles. The van der Waals surface area contributed by atoms with E-state index < -0.39 is 0 Å². The smallest absolute Gasteiger partial charge is 0.231 e. The number of benzene rings is 2. The molecule has 2 aromatic carbocycles. The molecule has 0 radical (unpaired) electrons. The van der Waals surface area contributed by atoms with Gasteiger partial charge in [-0.2, -0.15) is 0 Å². The molecule has 0 spiro atoms. The first kappa shape index (κ1) is 12.3. The second kappa shape index (κ2) is 5.13. The third-order valence-corrected chi connectivity index (χ3v) is 2.96. The summed E-state index contributed by atoms with van der Waals surface area (Å²) in [7, 11) is 0. The molecule has 0 aromatic heterocycles. The number of ether oxygens (including phenoxy) is 3. The molecule has 5 nitrogen and oxygen atoms in total. The van der Waals surface area contributed by atoms with Crippen LogP contribution in [0.15, 0.2) is 36.4 Å². The number of fused-ring (bicyclic) bond motifs is 1. The Labute approximate surface area is 115 Å². The third-order valence-electron chi connectivity index (χ3n) is 2.96. The van der Waals surface area contributed by atoms with E-state index in [2.05, 4.69) is 0 Å². The number of hydrogen-bond donors (Lipinski definition) is 1. The van der Waals surface area contributed by atoms with Gasteiger partial charge < -0.3 is 19.3 Å². The van der Waals surface area contributed by atoms with Crippen LogP contribution in [0, 0.1) is 0 Å². The van der Waals surface area contributed by atoms with Crippen molar-refractivity contribution in [2.75, 3.05) is 6.79 Å². The number of aldehydes is 1. The van der Waals surface area contributed by atoms with Crippen LogP contribution in [0.4, 0.5) is 0 Å². The van der Waals surface area contributed by atoms with Gasteiger partial charge in [-0.3, -0.25) is 4.79 Å². The highest BCUT2D eigenvalue weighted by Gasteiger charge is 2.17. The second-order valence-electron chi connectivity index (χ2n) is 4.32. The lowest BCUT2D eigenvalue weighted by atomic mass is 10.2. The Morgan fingerprint density at radius 3 is 2.55 bits per heavy atom. The highest BCUT2D eigenvalue weighted by molar-refractivity contribution is 5.81. The summed E-state index contributed by atoms with van der Waals surface area (Å²) in [6, 6.07) is 9.91. The van der Waals surface area contributed by atoms with Crippen LogP contribution in [-0.4, -0.2) is 18.2 Å². The average Bonchev–Trinajstić information content (AvgIpc) is 2.92. The molecule has 0 fully saturated rings. The van der Waals surface area contributed by atoms with Gasteiger partial charge in [0.25, 0.3) is 0 Å². The van der Waals surface area contributed by atoms with Crippen LogP contribution < -0.4 is 14.2 Å². The molecule has 0 bridgehead atoms. The highest BCUT2D eigenvalue weighted by Crippen LogP contribution is 2.37. The minimum Gasteiger partial charge on any atom is -0.508 e. The lowest BCUT2D eigenvalue weighted by molar-refractivity contribution is 0.111. The molecule has 20 heavy (non-hydrogen) atoms. The Bertz CT molecular complexity index is 633. The first-order valence-corrected chi connectivity index (χ1v) is 6.06. The van der Waals surface area contributed by atoms with Crippen molar-refractivity contribution in [1.29, 1.82) is 0 Å². The normalized spacial score (nSPS) is 12.2. The molecule has 2 aromatic rings. The van der Waals surface area contributed by atoms with E-state index in [1.165, 1.54) is 0 Å². The van der Waals surface area contributed by atoms with Crippen LogP contribution in [0.25, 0.3) is 0 Å². The van der Waals surface area contributed by atoms with Crippen molar-refractivity contribution in [1.82, 2.24) is 0 Å². The maximum atomic E-state index is 11.1. The minimum absolute atomic E-state index is 0.148. The quantitative estimate of drug-likeness (QED) is 0.866. The zero-order chi connectivity index (χ0) is 13.9. The van der Waals surface area contributed by atoms with E-state index in [1.54, 1.807) is 36.4 Å². The van der Waals surface area contributed by atoms with Crippen molar-refractivity contribution in [2.24, 2.45) is 0 Å². The highest BCUT2D eigenvalue weighted by atomic mass is 16.7. The Hall–Kier alpha value is -2.69. The summed E-state index contributed by atoms with van der Waals surface area (Å²) in [5.74, 6) is 1.75. The van der Waals surface area contributed by atoms with Crippen LogP contribution in [-0.2, 0) is 6.61 Å². The van der Waals surface area contributed by atoms with E-state index >= 15 is 0 Å². The van der Waals surface area contributed by atoms with Crippen LogP contribution in [0.3, 0.4) is 0 Å². The number of phenols is 1. The Kier molecular flexibility index (Phi) is 3.16. The Morgan fingerprint density at radius 1 is 1.15 bits per heavy atom. The largest absolute Gasteiger partial charge is 0.508 e. The second-order valence-corrected chi connectivity index (χ2v) is 4.32. The molecule has 0 aliphatic carbocycles. The molecule has 5 heteroatoms. The fourth-order valence-corrected chi connectivity index (χ4v) is 1.91. The Balaban J connectivity index is 1.80. The molecule has 0 amide bonds. The lowest BCUT2D eigenvalue weighted by Gasteiger charge is -2.09. The van der Waals surface area contributed by atoms with Gasteiger partial charge in [-0.05, 0) is 23.8 Å². The summed E-state index contributed by atoms with van der Waals surface area (Å²) >= 11 is 0. The first-order valence-electron chi connectivity index (χ1n) is 6.06. The molecular formula is C15H12O5. The van der Waals surface area contributed by atoms with E-state index in [4.69, 9.17) is 14.2 Å². The van der Waals surface area contributed by atoms with Crippen LogP contribution >= 0.6 is 0 Å². The maximum Gasteiger partial charge on any atom is 0.231 e. The predicted molar refractivity (Wildman–Crippen MR) is 70.4 cm³/mol. The number of carbonyl (C=O) groups is 1. The van der Waals surface area contributed by atoms with Crippen molar-refractivity contribution in [3.63, 3.8) is 0 Å². The first-order chi connectivity index (χ1) is 9.76. The zero-order valence-electron chi connectivity index (χ0n) is 10.5. The summed E-state index contributed by atoms with van der Waals surface area (Å²) in [5, 5.41) is 9.21. The van der Waals surface area contributed by atoms with Crippen molar-refractivity contribution in [3.05, 3.63) is 47.5 Å². The monoisotopic (exact) mass is 272 g/mol. The molecular weight excluding hydrogens is 260 g/mol. The van der Waals surface area contributed by atoms with E-state index in [-0.39, 0.29) is 12.5 Å². The van der Waals surface area contributed by atoms with Gasteiger partial charge in [0.15, 0.2) is 17.8 Å². The van der Waals surface area contributed by atoms with Gasteiger partial charge in [0.2, 0.25) is 6.79 Å². The standard InChI is InChI=1S/C15H12O5/c16-7-11-5-14-15(20-9-19-14)6-13(11)18-8-10-1-3-12(17)4-2-10/h1-7,17H,8-9H2. The molecule has 0 unspecified atom stereocenters. The van der Waals surface area contributed by atoms with Crippen LogP contribution in [0.5, 0.6) is 23.0 Å². The number of carbonyl (C=O) groups excluding carboxylic acids is 1. The summed E-state index contributed by atoms with van der Waals surface area (Å²) in [6.07, 6.45) is 0.716. The molecule has 0 atom stereocenters. The van der Waals surface area contributed by atoms with Crippen molar-refractivity contribution < 1.29 is 24.1 Å². The molecule has 3 rings (SSSR count). The van der Waals surface area contributed by atoms with Gasteiger partial charge in [-0.15, -0.1) is 0 Å². The summed E-state index contributed by atoms with van der Waals surface area (Å²) in [5.41, 5.74) is 1.30. The average molecular weight is 272 g/mol. The van der Waals surface area contributed by atoms with E-state index in [1.807, 2.05) is 0 Å². The maximum absolute atomic E-state index is 11.1. The molecule has 1 N–H and O–H groups in total. The van der Waals surface area contributed by atoms with E-state index in [0.717, 1.165) is 5.56 Å². The van der Waals surface area contributed by atoms with Crippen molar-refractivity contribution >= 4 is 6.29 Å². The van der Waals surface area contributed by atoms with Gasteiger partial charge in [0.1, 0.15) is 18.1 Å². The number of aromatic hydroxyl groups is 1. The molecule has 0 saturated heterocycles. The topological polar surface area (TPSA) is 65.0 Å². The zero-order valence-corrected chi connectivity index (χ0v) is 10.5. The Morgan fingerprint density at radius 2 is 1.85 bits per heavy atom. The predicted octanol–water partition coefficient (Wildman–Crippen LogP) is 2.51. The van der Waals surface area contributed by atoms with Crippen LogP contribution in [0.1, 0.15) is 15.9 Å². The fourth-order valence-electron chi connectivity index (χ4n) is 1.91. The SMILES string of the molecule is O=Cc1cc2c(cc1OCc1ccc(O)cc1)OCO2. The molecule has 102 valence electrons. The molecule has 1 aliphatic rings. The molecule has 0 saturated carbocycles. The summed E-state index contributed by atoms with van der Waals surface area (Å²) in [6.45, 7) is 0.440. The van der Waals surface area contributed by atoms with Gasteiger partial charge >= 0.3 is 0 Å². The minimum atomic E-state index is 0.148. The van der Waals surface area contributed by atoms with Gasteiger partial charge in [-0.25, -0.2) is 0 Å². The number of phenolic OH excluding ortho intramolecular Hbond substituents is 1. The van der Waals surface area contributed by atoms with Crippen molar-refractivity contribution in [3.8, 4) is 23.0 Å². The third kappa shape index (κ3) is 2.38. The summed E-state index contributed by atoms with van der Waals surface area (Å²) in [4.78, 5) is 11.1. The number of rotatable bonds is 4. The molecule has 1 heterocycles. The lowest BCUT2D eigenvalue weighted by Crippen LogP contribution is -1.98. The fraction of sp³-hybridized carbons (Fsp3) is 0.133. The van der Waals surface area contributed by atoms with Gasteiger partial charge in [-0.1, -0.05) is 12.1 Å². The summed E-state index contributed by atoms with van der Waals surface area (Å²) < 4.78 is 16.1. The van der Waals surface area contributed by atoms with E-state index in [0.29, 0.717) is 35.7 Å². The van der Waals surface area contributed by atoms with Gasteiger partial charge in [0, 0.05) is 6.07 Å². The van der Waals surface area contributed by atoms with Gasteiger partial charge in [0.05, 0.1) is 5.56 Å². The van der Waals surface area contributed by atoms with Crippen molar-refractivity contribution in [2.45, 2.75) is 6.61 Å². The number of hydrogen-bond acceptors (Lipinski definition) is 5. The van der Waals surface area contributed by atoms with Crippen LogP contribution in [0.2, 0.25) is 0 Å².